The third-order valence-electron chi connectivity index (χ3n) is 10.7. The predicted octanol–water partition coefficient (Wildman–Crippen LogP) is 6.92. The second-order valence-corrected chi connectivity index (χ2v) is 12.4. The Morgan fingerprint density at radius 3 is 1.58 bits per heavy atom. The highest BCUT2D eigenvalue weighted by molar-refractivity contribution is 5.30. The van der Waals surface area contributed by atoms with Crippen molar-refractivity contribution in [2.45, 2.75) is 83.5 Å². The summed E-state index contributed by atoms with van der Waals surface area (Å²) in [4.78, 5) is 0. The van der Waals surface area contributed by atoms with Crippen LogP contribution in [-0.4, -0.2) is 0 Å². The average Bonchev–Trinajstić information content (AvgIpc) is 2.60. The molecule has 1 unspecified atom stereocenters. The van der Waals surface area contributed by atoms with Gasteiger partial charge in [0.25, 0.3) is 0 Å². The lowest BCUT2D eigenvalue weighted by atomic mass is 9.44. The van der Waals surface area contributed by atoms with Gasteiger partial charge in [0.15, 0.2) is 0 Å². The van der Waals surface area contributed by atoms with Gasteiger partial charge in [-0.25, -0.2) is 0 Å². The summed E-state index contributed by atoms with van der Waals surface area (Å²) in [6.45, 7) is 0. The summed E-state index contributed by atoms with van der Waals surface area (Å²) in [5.41, 5.74) is 3.30. The lowest BCUT2D eigenvalue weighted by Gasteiger charge is -2.61. The molecule has 0 radical (unpaired) electrons. The Bertz CT molecular complexity index is 606. The molecule has 9 aliphatic rings. The van der Waals surface area contributed by atoms with Crippen molar-refractivity contribution in [2.24, 2.45) is 52.3 Å². The smallest absolute Gasteiger partial charge is 0.00768 e. The highest BCUT2D eigenvalue weighted by Crippen LogP contribution is 2.67. The Kier molecular flexibility index (Phi) is 3.02. The molecule has 0 nitrogen and oxygen atoms in total. The molecule has 1 atom stereocenters. The van der Waals surface area contributed by atoms with Crippen LogP contribution in [0.4, 0.5) is 0 Å². The standard InChI is InChI=1S/C26H36/c1-2-23(25-11-17-4-18(12-25)6-19(5-17)13-25)10-24(3-1)26-14-20-7-21(15-26)9-22(8-20)16-26/h1-3,17-23H,4-16H2. The van der Waals surface area contributed by atoms with Crippen molar-refractivity contribution in [3.8, 4) is 0 Å². The van der Waals surface area contributed by atoms with Gasteiger partial charge in [0.1, 0.15) is 0 Å². The van der Waals surface area contributed by atoms with E-state index in [0.717, 1.165) is 41.4 Å². The molecule has 9 aliphatic carbocycles. The molecule has 0 aliphatic heterocycles. The van der Waals surface area contributed by atoms with Crippen LogP contribution in [0.3, 0.4) is 0 Å². The monoisotopic (exact) mass is 348 g/mol. The van der Waals surface area contributed by atoms with E-state index in [1.807, 2.05) is 5.57 Å². The van der Waals surface area contributed by atoms with Crippen LogP contribution in [0.15, 0.2) is 23.8 Å². The number of rotatable bonds is 2. The fourth-order valence-corrected chi connectivity index (χ4v) is 10.6. The van der Waals surface area contributed by atoms with Gasteiger partial charge in [-0.05, 0) is 136 Å². The zero-order chi connectivity index (χ0) is 16.9. The Balaban J connectivity index is 1.19. The SMILES string of the molecule is C1=CC(C23CC4CC(CC(C4)C2)C3)CC(C23CC4CC(CC(C4)C2)C3)=C1. The van der Waals surface area contributed by atoms with E-state index in [-0.39, 0.29) is 0 Å². The molecule has 9 rings (SSSR count). The molecule has 8 saturated carbocycles. The molecule has 0 N–H and O–H groups in total. The van der Waals surface area contributed by atoms with E-state index in [4.69, 9.17) is 0 Å². The maximum absolute atomic E-state index is 2.68. The third kappa shape index (κ3) is 2.08. The molecule has 8 bridgehead atoms. The quantitative estimate of drug-likeness (QED) is 0.508. The largest absolute Gasteiger partial charge is 0.0805 e. The predicted molar refractivity (Wildman–Crippen MR) is 107 cm³/mol. The zero-order valence-corrected chi connectivity index (χ0v) is 16.5. The van der Waals surface area contributed by atoms with E-state index < -0.39 is 0 Å². The fraction of sp³-hybridized carbons (Fsp3) is 0.846. The Labute approximate surface area is 159 Å². The number of allylic oxidation sites excluding steroid dienone is 4. The summed E-state index contributed by atoms with van der Waals surface area (Å²) in [6.07, 6.45) is 28.2. The first-order valence-corrected chi connectivity index (χ1v) is 12.1. The summed E-state index contributed by atoms with van der Waals surface area (Å²) >= 11 is 0. The number of hydrogen-bond donors (Lipinski definition) is 0. The minimum Gasteiger partial charge on any atom is -0.0805 e. The van der Waals surface area contributed by atoms with E-state index in [1.54, 1.807) is 77.0 Å². The maximum atomic E-state index is 2.68. The Hall–Kier alpha value is -0.520. The average molecular weight is 349 g/mol. The van der Waals surface area contributed by atoms with Gasteiger partial charge >= 0.3 is 0 Å². The van der Waals surface area contributed by atoms with Gasteiger partial charge in [0.05, 0.1) is 0 Å². The molecular formula is C26H36. The topological polar surface area (TPSA) is 0 Å². The van der Waals surface area contributed by atoms with Crippen LogP contribution in [0.1, 0.15) is 83.5 Å². The van der Waals surface area contributed by atoms with Gasteiger partial charge in [-0.15, -0.1) is 0 Å². The summed E-state index contributed by atoms with van der Waals surface area (Å²) in [5, 5.41) is 0. The van der Waals surface area contributed by atoms with Crippen LogP contribution in [0, 0.1) is 52.3 Å². The minimum absolute atomic E-state index is 0.653. The molecule has 0 heteroatoms. The first-order chi connectivity index (χ1) is 12.7. The molecule has 0 aromatic carbocycles. The summed E-state index contributed by atoms with van der Waals surface area (Å²) < 4.78 is 0. The second kappa shape index (κ2) is 5.09. The highest BCUT2D eigenvalue weighted by Gasteiger charge is 2.56. The molecule has 0 heterocycles. The van der Waals surface area contributed by atoms with Gasteiger partial charge < -0.3 is 0 Å². The molecule has 0 amide bonds. The van der Waals surface area contributed by atoms with E-state index in [9.17, 15) is 0 Å². The first-order valence-electron chi connectivity index (χ1n) is 12.1. The molecular weight excluding hydrogens is 312 g/mol. The maximum Gasteiger partial charge on any atom is -0.00768 e. The Morgan fingerprint density at radius 1 is 0.615 bits per heavy atom. The van der Waals surface area contributed by atoms with Crippen LogP contribution >= 0.6 is 0 Å². The van der Waals surface area contributed by atoms with Crippen LogP contribution < -0.4 is 0 Å². The minimum atomic E-state index is 0.653. The van der Waals surface area contributed by atoms with Crippen LogP contribution in [0.25, 0.3) is 0 Å². The normalized spacial score (nSPS) is 59.1. The zero-order valence-electron chi connectivity index (χ0n) is 16.5. The molecule has 0 aromatic rings. The van der Waals surface area contributed by atoms with Crippen LogP contribution in [0.5, 0.6) is 0 Å². The van der Waals surface area contributed by atoms with Crippen molar-refractivity contribution in [2.75, 3.05) is 0 Å². The fourth-order valence-electron chi connectivity index (χ4n) is 10.6. The van der Waals surface area contributed by atoms with Crippen molar-refractivity contribution in [1.29, 1.82) is 0 Å². The molecule has 0 aromatic heterocycles. The van der Waals surface area contributed by atoms with Gasteiger partial charge in [-0.2, -0.15) is 0 Å². The van der Waals surface area contributed by atoms with Crippen LogP contribution in [-0.2, 0) is 0 Å². The summed E-state index contributed by atoms with van der Waals surface area (Å²) in [5.74, 6) is 7.46. The summed E-state index contributed by atoms with van der Waals surface area (Å²) in [6, 6.07) is 0. The second-order valence-electron chi connectivity index (χ2n) is 12.4. The Morgan fingerprint density at radius 2 is 1.08 bits per heavy atom. The van der Waals surface area contributed by atoms with Crippen molar-refractivity contribution >= 4 is 0 Å². The van der Waals surface area contributed by atoms with Gasteiger partial charge in [0.2, 0.25) is 0 Å². The van der Waals surface area contributed by atoms with E-state index >= 15 is 0 Å². The lowest BCUT2D eigenvalue weighted by Crippen LogP contribution is -2.51. The highest BCUT2D eigenvalue weighted by atomic mass is 14.6. The van der Waals surface area contributed by atoms with Gasteiger partial charge in [0, 0.05) is 0 Å². The van der Waals surface area contributed by atoms with Crippen molar-refractivity contribution in [3.63, 3.8) is 0 Å². The van der Waals surface area contributed by atoms with E-state index in [2.05, 4.69) is 18.2 Å². The van der Waals surface area contributed by atoms with Gasteiger partial charge in [-0.1, -0.05) is 23.8 Å². The molecule has 140 valence electrons. The first kappa shape index (κ1) is 15.4. The molecule has 0 spiro atoms. The summed E-state index contributed by atoms with van der Waals surface area (Å²) in [7, 11) is 0. The molecule has 0 saturated heterocycles. The van der Waals surface area contributed by atoms with Gasteiger partial charge in [-0.3, -0.25) is 0 Å². The van der Waals surface area contributed by atoms with E-state index in [0.29, 0.717) is 10.8 Å². The van der Waals surface area contributed by atoms with E-state index in [1.165, 1.54) is 6.42 Å². The van der Waals surface area contributed by atoms with Crippen molar-refractivity contribution in [3.05, 3.63) is 23.8 Å². The van der Waals surface area contributed by atoms with Crippen LogP contribution in [0.2, 0.25) is 0 Å². The molecule has 8 fully saturated rings. The third-order valence-corrected chi connectivity index (χ3v) is 10.7. The lowest BCUT2D eigenvalue weighted by molar-refractivity contribution is -0.0804. The molecule has 26 heavy (non-hydrogen) atoms. The number of hydrogen-bond acceptors (Lipinski definition) is 0. The van der Waals surface area contributed by atoms with Crippen molar-refractivity contribution < 1.29 is 0 Å². The van der Waals surface area contributed by atoms with Crippen molar-refractivity contribution in [1.82, 2.24) is 0 Å².